The lowest BCUT2D eigenvalue weighted by Gasteiger charge is -2.06. The Kier molecular flexibility index (Phi) is 7.48. The zero-order valence-corrected chi connectivity index (χ0v) is 17.7. The van der Waals surface area contributed by atoms with Gasteiger partial charge in [-0.2, -0.15) is 4.99 Å². The number of thiazole rings is 1. The molecule has 158 valence electrons. The molecule has 1 amide bonds. The van der Waals surface area contributed by atoms with Crippen molar-refractivity contribution in [2.24, 2.45) is 4.99 Å². The number of hydrogen-bond acceptors (Lipinski definition) is 5. The van der Waals surface area contributed by atoms with E-state index in [1.165, 1.54) is 23.5 Å². The smallest absolute Gasteiger partial charge is 0.338 e. The number of carbonyl (C=O) groups excluding carboxylic acids is 2. The summed E-state index contributed by atoms with van der Waals surface area (Å²) in [7, 11) is 0. The van der Waals surface area contributed by atoms with E-state index in [0.717, 1.165) is 10.2 Å². The van der Waals surface area contributed by atoms with Gasteiger partial charge in [-0.15, -0.1) is 0 Å². The molecule has 1 heterocycles. The second-order valence-corrected chi connectivity index (χ2v) is 7.45. The van der Waals surface area contributed by atoms with E-state index in [2.05, 4.69) is 4.99 Å². The zero-order valence-electron chi connectivity index (χ0n) is 16.9. The molecular formula is C22H23FN2O4S. The Morgan fingerprint density at radius 2 is 1.87 bits per heavy atom. The summed E-state index contributed by atoms with van der Waals surface area (Å²) in [5.74, 6) is -1.07. The van der Waals surface area contributed by atoms with E-state index >= 15 is 0 Å². The maximum Gasteiger partial charge on any atom is 0.338 e. The number of nitrogens with zero attached hydrogens (tertiary/aromatic N) is 2. The van der Waals surface area contributed by atoms with E-state index in [9.17, 15) is 14.0 Å². The van der Waals surface area contributed by atoms with Crippen LogP contribution < -0.4 is 4.80 Å². The molecule has 0 atom stereocenters. The van der Waals surface area contributed by atoms with Crippen molar-refractivity contribution in [3.63, 3.8) is 0 Å². The number of fused-ring (bicyclic) bond motifs is 1. The molecular weight excluding hydrogens is 407 g/mol. The molecule has 3 aromatic rings. The molecule has 2 aromatic carbocycles. The quantitative estimate of drug-likeness (QED) is 0.403. The van der Waals surface area contributed by atoms with Gasteiger partial charge in [-0.3, -0.25) is 4.79 Å². The second-order valence-electron chi connectivity index (χ2n) is 6.44. The summed E-state index contributed by atoms with van der Waals surface area (Å²) in [4.78, 5) is 29.4. The molecule has 0 unspecified atom stereocenters. The van der Waals surface area contributed by atoms with Gasteiger partial charge in [-0.25, -0.2) is 9.18 Å². The Bertz CT molecular complexity index is 1100. The predicted octanol–water partition coefficient (Wildman–Crippen LogP) is 3.73. The maximum atomic E-state index is 13.1. The molecule has 3 rings (SSSR count). The normalized spacial score (nSPS) is 11.8. The van der Waals surface area contributed by atoms with Gasteiger partial charge in [0.05, 0.1) is 35.4 Å². The van der Waals surface area contributed by atoms with E-state index in [-0.39, 0.29) is 24.1 Å². The van der Waals surface area contributed by atoms with Gasteiger partial charge in [-0.1, -0.05) is 23.5 Å². The molecule has 0 aliphatic heterocycles. The predicted molar refractivity (Wildman–Crippen MR) is 113 cm³/mol. The van der Waals surface area contributed by atoms with Gasteiger partial charge < -0.3 is 14.0 Å². The van der Waals surface area contributed by atoms with Crippen molar-refractivity contribution >= 4 is 33.4 Å². The van der Waals surface area contributed by atoms with Gasteiger partial charge >= 0.3 is 5.97 Å². The van der Waals surface area contributed by atoms with Crippen molar-refractivity contribution in [2.75, 3.05) is 19.8 Å². The summed E-state index contributed by atoms with van der Waals surface area (Å²) in [6.07, 6.45) is 0.0774. The van der Waals surface area contributed by atoms with Crippen LogP contribution in [0.3, 0.4) is 0 Å². The van der Waals surface area contributed by atoms with Crippen LogP contribution >= 0.6 is 11.3 Å². The van der Waals surface area contributed by atoms with E-state index in [1.54, 1.807) is 31.2 Å². The minimum absolute atomic E-state index is 0.0774. The summed E-state index contributed by atoms with van der Waals surface area (Å²) < 4.78 is 26.3. The highest BCUT2D eigenvalue weighted by molar-refractivity contribution is 7.16. The number of halogens is 1. The van der Waals surface area contributed by atoms with Gasteiger partial charge in [0.2, 0.25) is 0 Å². The molecule has 0 fully saturated rings. The number of rotatable bonds is 8. The lowest BCUT2D eigenvalue weighted by atomic mass is 10.1. The summed E-state index contributed by atoms with van der Waals surface area (Å²) >= 11 is 1.33. The van der Waals surface area contributed by atoms with E-state index in [0.29, 0.717) is 42.3 Å². The zero-order chi connectivity index (χ0) is 21.5. The second kappa shape index (κ2) is 10.3. The van der Waals surface area contributed by atoms with Crippen LogP contribution in [0.15, 0.2) is 47.5 Å². The van der Waals surface area contributed by atoms with Crippen molar-refractivity contribution in [1.29, 1.82) is 0 Å². The van der Waals surface area contributed by atoms with Gasteiger partial charge in [-0.05, 0) is 49.7 Å². The Hall–Kier alpha value is -2.84. The lowest BCUT2D eigenvalue weighted by Crippen LogP contribution is -2.20. The third-order valence-corrected chi connectivity index (χ3v) is 5.39. The monoisotopic (exact) mass is 430 g/mol. The molecule has 6 nitrogen and oxygen atoms in total. The molecule has 0 saturated carbocycles. The third-order valence-electron chi connectivity index (χ3n) is 4.35. The summed E-state index contributed by atoms with van der Waals surface area (Å²) in [6.45, 7) is 5.56. The Balaban J connectivity index is 1.96. The fraction of sp³-hybridized carbons (Fsp3) is 0.318. The molecule has 1 aromatic heterocycles. The molecule has 0 saturated heterocycles. The van der Waals surface area contributed by atoms with Crippen molar-refractivity contribution in [2.45, 2.75) is 26.8 Å². The minimum Gasteiger partial charge on any atom is -0.462 e. The van der Waals surface area contributed by atoms with Crippen LogP contribution in [0.4, 0.5) is 4.39 Å². The number of amides is 1. The number of aromatic nitrogens is 1. The molecule has 0 aliphatic carbocycles. The van der Waals surface area contributed by atoms with Crippen molar-refractivity contribution in [3.05, 3.63) is 64.2 Å². The topological polar surface area (TPSA) is 69.9 Å². The fourth-order valence-corrected chi connectivity index (χ4v) is 4.05. The van der Waals surface area contributed by atoms with Crippen molar-refractivity contribution in [3.8, 4) is 0 Å². The highest BCUT2D eigenvalue weighted by atomic mass is 32.1. The Morgan fingerprint density at radius 1 is 1.10 bits per heavy atom. The van der Waals surface area contributed by atoms with Crippen LogP contribution in [-0.4, -0.2) is 36.3 Å². The van der Waals surface area contributed by atoms with Crippen molar-refractivity contribution < 1.29 is 23.5 Å². The highest BCUT2D eigenvalue weighted by Gasteiger charge is 2.13. The molecule has 8 heteroatoms. The van der Waals surface area contributed by atoms with Crippen LogP contribution in [0.5, 0.6) is 0 Å². The molecule has 30 heavy (non-hydrogen) atoms. The number of hydrogen-bond donors (Lipinski definition) is 0. The fourth-order valence-electron chi connectivity index (χ4n) is 2.94. The standard InChI is InChI=1S/C22H23FN2O4S/c1-3-28-12-11-25-18-10-7-16(21(27)29-4-2)14-19(18)30-22(25)24-20(26)13-15-5-8-17(23)9-6-15/h5-10,14H,3-4,11-13H2,1-2H3. The lowest BCUT2D eigenvalue weighted by molar-refractivity contribution is -0.117. The maximum absolute atomic E-state index is 13.1. The number of esters is 1. The minimum atomic E-state index is -0.389. The van der Waals surface area contributed by atoms with E-state index < -0.39 is 0 Å². The third kappa shape index (κ3) is 5.40. The molecule has 0 aliphatic rings. The highest BCUT2D eigenvalue weighted by Crippen LogP contribution is 2.20. The summed E-state index contributed by atoms with van der Waals surface area (Å²) in [5, 5.41) is 0. The first-order valence-electron chi connectivity index (χ1n) is 9.72. The average Bonchev–Trinajstić information content (AvgIpc) is 3.06. The van der Waals surface area contributed by atoms with Gasteiger partial charge in [0.15, 0.2) is 4.80 Å². The van der Waals surface area contributed by atoms with Gasteiger partial charge in [0.25, 0.3) is 5.91 Å². The van der Waals surface area contributed by atoms with Crippen LogP contribution in [0.2, 0.25) is 0 Å². The Morgan fingerprint density at radius 3 is 2.57 bits per heavy atom. The summed E-state index contributed by atoms with van der Waals surface area (Å²) in [6, 6.07) is 11.1. The number of carbonyl (C=O) groups is 2. The summed E-state index contributed by atoms with van der Waals surface area (Å²) in [5.41, 5.74) is 2.00. The molecule has 0 spiro atoms. The SMILES string of the molecule is CCOCCn1c(=NC(=O)Cc2ccc(F)cc2)sc2cc(C(=O)OCC)ccc21. The molecule has 0 radical (unpaired) electrons. The average molecular weight is 431 g/mol. The van der Waals surface area contributed by atoms with E-state index in [1.807, 2.05) is 17.6 Å². The largest absolute Gasteiger partial charge is 0.462 e. The van der Waals surface area contributed by atoms with E-state index in [4.69, 9.17) is 9.47 Å². The van der Waals surface area contributed by atoms with Gasteiger partial charge in [0.1, 0.15) is 5.82 Å². The first kappa shape index (κ1) is 21.9. The van der Waals surface area contributed by atoms with Crippen LogP contribution in [0, 0.1) is 5.82 Å². The van der Waals surface area contributed by atoms with Crippen LogP contribution in [0.25, 0.3) is 10.2 Å². The first-order chi connectivity index (χ1) is 14.5. The number of benzene rings is 2. The van der Waals surface area contributed by atoms with Gasteiger partial charge in [0, 0.05) is 13.2 Å². The van der Waals surface area contributed by atoms with Crippen molar-refractivity contribution in [1.82, 2.24) is 4.57 Å². The first-order valence-corrected chi connectivity index (χ1v) is 10.5. The molecule has 0 N–H and O–H groups in total. The van der Waals surface area contributed by atoms with Crippen LogP contribution in [-0.2, 0) is 27.2 Å². The molecule has 0 bridgehead atoms. The van der Waals surface area contributed by atoms with Crippen LogP contribution in [0.1, 0.15) is 29.8 Å². The Labute approximate surface area is 177 Å². The number of ether oxygens (including phenoxy) is 2.